The minimum atomic E-state index is -1.33. The first-order valence-corrected chi connectivity index (χ1v) is 9.91. The maximum Gasteiger partial charge on any atom is 0.325 e. The van der Waals surface area contributed by atoms with Gasteiger partial charge in [-0.3, -0.25) is 14.5 Å². The molecule has 0 unspecified atom stereocenters. The van der Waals surface area contributed by atoms with E-state index in [4.69, 9.17) is 9.47 Å². The van der Waals surface area contributed by atoms with E-state index in [0.29, 0.717) is 22.7 Å². The Morgan fingerprint density at radius 3 is 2.47 bits per heavy atom. The second-order valence-electron chi connectivity index (χ2n) is 7.03. The number of urea groups is 1. The van der Waals surface area contributed by atoms with E-state index in [0.717, 1.165) is 14.9 Å². The molecule has 2 aromatic carbocycles. The number of aryl methyl sites for hydroxylation is 1. The van der Waals surface area contributed by atoms with Gasteiger partial charge in [0.15, 0.2) is 11.5 Å². The summed E-state index contributed by atoms with van der Waals surface area (Å²) in [5.74, 6) is -0.0682. The highest BCUT2D eigenvalue weighted by Crippen LogP contribution is 2.35. The fourth-order valence-electron chi connectivity index (χ4n) is 3.25. The van der Waals surface area contributed by atoms with Crippen LogP contribution in [0, 0.1) is 6.92 Å². The molecule has 0 spiro atoms. The largest absolute Gasteiger partial charge is 0.493 e. The predicted molar refractivity (Wildman–Crippen MR) is 115 cm³/mol. The summed E-state index contributed by atoms with van der Waals surface area (Å²) in [5, 5.41) is 5.38. The van der Waals surface area contributed by atoms with E-state index in [1.165, 1.54) is 14.2 Å². The summed E-state index contributed by atoms with van der Waals surface area (Å²) < 4.78 is 11.4. The van der Waals surface area contributed by atoms with E-state index in [1.807, 2.05) is 13.0 Å². The third-order valence-corrected chi connectivity index (χ3v) is 5.87. The number of amides is 4. The molecule has 1 fully saturated rings. The second kappa shape index (κ2) is 8.35. The van der Waals surface area contributed by atoms with Gasteiger partial charge in [-0.15, -0.1) is 0 Å². The maximum absolute atomic E-state index is 13.1. The minimum Gasteiger partial charge on any atom is -0.493 e. The standard InChI is InChI=1S/C21H22BrN3O5/c1-12-9-14(6-7-15(12)22)23-18(26)11-25-19(27)21(2,24-20(25)28)13-5-8-16(29-3)17(10-13)30-4/h5-10H,11H2,1-4H3,(H,23,26)(H,24,28)/t21-/m0/s1. The smallest absolute Gasteiger partial charge is 0.325 e. The number of carbonyl (C=O) groups is 3. The zero-order valence-electron chi connectivity index (χ0n) is 17.0. The number of imide groups is 1. The third-order valence-electron chi connectivity index (χ3n) is 4.98. The Hall–Kier alpha value is -3.07. The molecule has 0 radical (unpaired) electrons. The van der Waals surface area contributed by atoms with E-state index in [1.54, 1.807) is 37.3 Å². The molecule has 1 saturated heterocycles. The molecular weight excluding hydrogens is 454 g/mol. The molecule has 0 saturated carbocycles. The lowest BCUT2D eigenvalue weighted by Crippen LogP contribution is -2.42. The van der Waals surface area contributed by atoms with Crippen LogP contribution in [0.5, 0.6) is 11.5 Å². The number of hydrogen-bond acceptors (Lipinski definition) is 5. The van der Waals surface area contributed by atoms with Crippen LogP contribution in [0.15, 0.2) is 40.9 Å². The number of halogens is 1. The van der Waals surface area contributed by atoms with Crippen LogP contribution in [0.4, 0.5) is 10.5 Å². The molecule has 1 aliphatic heterocycles. The number of anilines is 1. The first-order valence-electron chi connectivity index (χ1n) is 9.12. The molecule has 0 aliphatic carbocycles. The van der Waals surface area contributed by atoms with E-state index in [2.05, 4.69) is 26.6 Å². The highest BCUT2D eigenvalue weighted by molar-refractivity contribution is 9.10. The van der Waals surface area contributed by atoms with Crippen LogP contribution in [0.25, 0.3) is 0 Å². The van der Waals surface area contributed by atoms with Crippen LogP contribution in [-0.2, 0) is 15.1 Å². The van der Waals surface area contributed by atoms with Crippen molar-refractivity contribution >= 4 is 39.5 Å². The van der Waals surface area contributed by atoms with Gasteiger partial charge >= 0.3 is 6.03 Å². The Balaban J connectivity index is 1.78. The molecule has 0 aromatic heterocycles. The van der Waals surface area contributed by atoms with Crippen molar-refractivity contribution in [2.24, 2.45) is 0 Å². The van der Waals surface area contributed by atoms with Gasteiger partial charge in [0.1, 0.15) is 12.1 Å². The van der Waals surface area contributed by atoms with Crippen LogP contribution >= 0.6 is 15.9 Å². The van der Waals surface area contributed by atoms with E-state index in [9.17, 15) is 14.4 Å². The van der Waals surface area contributed by atoms with Gasteiger partial charge in [-0.2, -0.15) is 0 Å². The number of benzene rings is 2. The van der Waals surface area contributed by atoms with Gasteiger partial charge in [-0.05, 0) is 55.3 Å². The monoisotopic (exact) mass is 475 g/mol. The summed E-state index contributed by atoms with van der Waals surface area (Å²) in [6.45, 7) is 3.08. The number of nitrogens with zero attached hydrogens (tertiary/aromatic N) is 1. The molecule has 158 valence electrons. The fraction of sp³-hybridized carbons (Fsp3) is 0.286. The minimum absolute atomic E-state index is 0.400. The van der Waals surface area contributed by atoms with Gasteiger partial charge in [0.25, 0.3) is 5.91 Å². The molecule has 8 nitrogen and oxygen atoms in total. The SMILES string of the molecule is COc1ccc([C@]2(C)NC(=O)N(CC(=O)Nc3ccc(Br)c(C)c3)C2=O)cc1OC. The van der Waals surface area contributed by atoms with Gasteiger partial charge < -0.3 is 20.1 Å². The molecule has 2 N–H and O–H groups in total. The highest BCUT2D eigenvalue weighted by atomic mass is 79.9. The average molecular weight is 476 g/mol. The number of ether oxygens (including phenoxy) is 2. The normalized spacial score (nSPS) is 18.2. The summed E-state index contributed by atoms with van der Waals surface area (Å²) in [7, 11) is 2.99. The van der Waals surface area contributed by atoms with Crippen molar-refractivity contribution in [1.29, 1.82) is 0 Å². The summed E-state index contributed by atoms with van der Waals surface area (Å²) in [5.41, 5.74) is 0.717. The molecule has 30 heavy (non-hydrogen) atoms. The lowest BCUT2D eigenvalue weighted by atomic mass is 9.91. The number of carbonyl (C=O) groups excluding carboxylic acids is 3. The predicted octanol–water partition coefficient (Wildman–Crippen LogP) is 3.18. The maximum atomic E-state index is 13.1. The topological polar surface area (TPSA) is 97.0 Å². The molecule has 0 bridgehead atoms. The summed E-state index contributed by atoms with van der Waals surface area (Å²) in [4.78, 5) is 38.9. The second-order valence-corrected chi connectivity index (χ2v) is 7.88. The first-order chi connectivity index (χ1) is 14.2. The van der Waals surface area contributed by atoms with Crippen molar-refractivity contribution in [2.45, 2.75) is 19.4 Å². The molecule has 4 amide bonds. The third kappa shape index (κ3) is 3.97. The van der Waals surface area contributed by atoms with E-state index >= 15 is 0 Å². The average Bonchev–Trinajstić information content (AvgIpc) is 2.94. The Morgan fingerprint density at radius 2 is 1.83 bits per heavy atom. The lowest BCUT2D eigenvalue weighted by molar-refractivity contribution is -0.133. The first kappa shape index (κ1) is 21.6. The van der Waals surface area contributed by atoms with Crippen molar-refractivity contribution < 1.29 is 23.9 Å². The van der Waals surface area contributed by atoms with Crippen LogP contribution in [0.2, 0.25) is 0 Å². The van der Waals surface area contributed by atoms with Crippen molar-refractivity contribution in [3.8, 4) is 11.5 Å². The van der Waals surface area contributed by atoms with Crippen molar-refractivity contribution in [3.63, 3.8) is 0 Å². The van der Waals surface area contributed by atoms with Crippen molar-refractivity contribution in [1.82, 2.24) is 10.2 Å². The van der Waals surface area contributed by atoms with Crippen LogP contribution in [0.1, 0.15) is 18.1 Å². The molecule has 3 rings (SSSR count). The Bertz CT molecular complexity index is 1030. The fourth-order valence-corrected chi connectivity index (χ4v) is 3.50. The summed E-state index contributed by atoms with van der Waals surface area (Å²) >= 11 is 3.40. The van der Waals surface area contributed by atoms with Crippen LogP contribution in [-0.4, -0.2) is 43.5 Å². The van der Waals surface area contributed by atoms with Gasteiger partial charge in [0.05, 0.1) is 14.2 Å². The van der Waals surface area contributed by atoms with Crippen molar-refractivity contribution in [2.75, 3.05) is 26.1 Å². The van der Waals surface area contributed by atoms with Crippen LogP contribution in [0.3, 0.4) is 0 Å². The van der Waals surface area contributed by atoms with E-state index in [-0.39, 0.29) is 0 Å². The van der Waals surface area contributed by atoms with Gasteiger partial charge in [0, 0.05) is 10.2 Å². The molecule has 1 aliphatic rings. The Morgan fingerprint density at radius 1 is 1.13 bits per heavy atom. The summed E-state index contributed by atoms with van der Waals surface area (Å²) in [6.07, 6.45) is 0. The number of rotatable bonds is 6. The lowest BCUT2D eigenvalue weighted by Gasteiger charge is -2.23. The number of nitrogens with one attached hydrogen (secondary N) is 2. The van der Waals surface area contributed by atoms with Crippen LogP contribution < -0.4 is 20.1 Å². The zero-order chi connectivity index (χ0) is 22.1. The Labute approximate surface area is 182 Å². The highest BCUT2D eigenvalue weighted by Gasteiger charge is 2.49. The van der Waals surface area contributed by atoms with Gasteiger partial charge in [-0.25, -0.2) is 4.79 Å². The van der Waals surface area contributed by atoms with Gasteiger partial charge in [-0.1, -0.05) is 22.0 Å². The quantitative estimate of drug-likeness (QED) is 0.625. The van der Waals surface area contributed by atoms with Crippen molar-refractivity contribution in [3.05, 3.63) is 52.0 Å². The molecule has 1 heterocycles. The Kier molecular flexibility index (Phi) is 6.02. The molecule has 2 aromatic rings. The molecule has 1 atom stereocenters. The summed E-state index contributed by atoms with van der Waals surface area (Å²) in [6, 6.07) is 9.66. The number of methoxy groups -OCH3 is 2. The molecular formula is C21H22BrN3O5. The molecule has 9 heteroatoms. The zero-order valence-corrected chi connectivity index (χ0v) is 18.6. The van der Waals surface area contributed by atoms with E-state index < -0.39 is 29.9 Å². The van der Waals surface area contributed by atoms with Gasteiger partial charge in [0.2, 0.25) is 5.91 Å². The number of hydrogen-bond donors (Lipinski definition) is 2.